The zero-order valence-corrected chi connectivity index (χ0v) is 9.97. The van der Waals surface area contributed by atoms with Crippen LogP contribution in [0.25, 0.3) is 0 Å². The molecule has 6 heteroatoms. The van der Waals surface area contributed by atoms with Crippen LogP contribution in [0.4, 0.5) is 5.69 Å². The quantitative estimate of drug-likeness (QED) is 0.361. The highest BCUT2D eigenvalue weighted by molar-refractivity contribution is 9.09. The fraction of sp³-hybridized carbons (Fsp3) is 0.300. The minimum atomic E-state index is -0.472. The molecular formula is C10H10BrNO4. The molecule has 86 valence electrons. The first-order valence-electron chi connectivity index (χ1n) is 4.58. The molecule has 0 fully saturated rings. The molecular weight excluding hydrogens is 278 g/mol. The molecule has 0 heterocycles. The Kier molecular flexibility index (Phi) is 4.91. The Bertz CT molecular complexity index is 377. The number of rotatable bonds is 5. The van der Waals surface area contributed by atoms with Gasteiger partial charge in [0.05, 0.1) is 11.3 Å². The van der Waals surface area contributed by atoms with E-state index in [1.54, 1.807) is 12.1 Å². The van der Waals surface area contributed by atoms with Crippen molar-refractivity contribution in [2.75, 3.05) is 5.33 Å². The molecule has 0 aliphatic heterocycles. The van der Waals surface area contributed by atoms with Crippen LogP contribution in [0.15, 0.2) is 24.3 Å². The third kappa shape index (κ3) is 3.98. The Balaban J connectivity index is 2.49. The van der Waals surface area contributed by atoms with Gasteiger partial charge >= 0.3 is 5.97 Å². The van der Waals surface area contributed by atoms with E-state index in [9.17, 15) is 14.9 Å². The van der Waals surface area contributed by atoms with Crippen molar-refractivity contribution in [3.8, 4) is 0 Å². The van der Waals surface area contributed by atoms with E-state index in [1.807, 2.05) is 0 Å². The third-order valence-corrected chi connectivity index (χ3v) is 2.24. The first-order valence-corrected chi connectivity index (χ1v) is 5.70. The van der Waals surface area contributed by atoms with Crippen molar-refractivity contribution < 1.29 is 14.5 Å². The minimum absolute atomic E-state index is 0.0236. The van der Waals surface area contributed by atoms with Crippen molar-refractivity contribution in [2.24, 2.45) is 0 Å². The Labute approximate surface area is 101 Å². The van der Waals surface area contributed by atoms with Crippen LogP contribution < -0.4 is 0 Å². The first-order chi connectivity index (χ1) is 7.63. The zero-order chi connectivity index (χ0) is 12.0. The van der Waals surface area contributed by atoms with Gasteiger partial charge in [-0.3, -0.25) is 14.9 Å². The van der Waals surface area contributed by atoms with Gasteiger partial charge < -0.3 is 4.74 Å². The van der Waals surface area contributed by atoms with Gasteiger partial charge in [-0.2, -0.15) is 0 Å². The molecule has 5 nitrogen and oxygen atoms in total. The largest absolute Gasteiger partial charge is 0.461 e. The summed E-state index contributed by atoms with van der Waals surface area (Å²) in [7, 11) is 0. The van der Waals surface area contributed by atoms with E-state index in [0.717, 1.165) is 5.56 Å². The summed E-state index contributed by atoms with van der Waals surface area (Å²) in [5.41, 5.74) is 0.754. The number of non-ortho nitro benzene ring substituents is 1. The summed E-state index contributed by atoms with van der Waals surface area (Å²) >= 11 is 3.13. The maximum absolute atomic E-state index is 11.0. The van der Waals surface area contributed by atoms with Crippen molar-refractivity contribution in [3.63, 3.8) is 0 Å². The van der Waals surface area contributed by atoms with Crippen molar-refractivity contribution in [1.82, 2.24) is 0 Å². The van der Waals surface area contributed by atoms with Gasteiger partial charge in [-0.1, -0.05) is 15.9 Å². The van der Waals surface area contributed by atoms with Gasteiger partial charge in [-0.05, 0) is 17.7 Å². The predicted octanol–water partition coefficient (Wildman–Crippen LogP) is 2.42. The number of ether oxygens (including phenoxy) is 1. The molecule has 1 aromatic carbocycles. The van der Waals surface area contributed by atoms with Crippen LogP contribution >= 0.6 is 15.9 Å². The number of nitro groups is 1. The number of hydrogen-bond acceptors (Lipinski definition) is 4. The van der Waals surface area contributed by atoms with Crippen LogP contribution in [0.5, 0.6) is 0 Å². The fourth-order valence-corrected chi connectivity index (χ4v) is 1.35. The lowest BCUT2D eigenvalue weighted by Crippen LogP contribution is -2.04. The molecule has 0 spiro atoms. The second kappa shape index (κ2) is 6.22. The Morgan fingerprint density at radius 3 is 2.50 bits per heavy atom. The number of nitrogens with zero attached hydrogens (tertiary/aromatic N) is 1. The van der Waals surface area contributed by atoms with Crippen molar-refractivity contribution >= 4 is 27.6 Å². The van der Waals surface area contributed by atoms with Crippen LogP contribution in [-0.2, 0) is 16.1 Å². The number of nitro benzene ring substituents is 1. The average Bonchev–Trinajstić information content (AvgIpc) is 2.27. The molecule has 0 N–H and O–H groups in total. The molecule has 0 atom stereocenters. The van der Waals surface area contributed by atoms with Gasteiger partial charge in [0.1, 0.15) is 6.61 Å². The van der Waals surface area contributed by atoms with Crippen LogP contribution in [-0.4, -0.2) is 16.2 Å². The fourth-order valence-electron chi connectivity index (χ4n) is 1.03. The number of hydrogen-bond donors (Lipinski definition) is 0. The van der Waals surface area contributed by atoms with Gasteiger partial charge in [-0.25, -0.2) is 0 Å². The van der Waals surface area contributed by atoms with Crippen LogP contribution in [0.2, 0.25) is 0 Å². The van der Waals surface area contributed by atoms with Crippen LogP contribution in [0, 0.1) is 10.1 Å². The average molecular weight is 288 g/mol. The molecule has 1 rings (SSSR count). The summed E-state index contributed by atoms with van der Waals surface area (Å²) in [6, 6.07) is 5.90. The van der Waals surface area contributed by atoms with Crippen molar-refractivity contribution in [3.05, 3.63) is 39.9 Å². The van der Waals surface area contributed by atoms with E-state index in [4.69, 9.17) is 4.74 Å². The molecule has 0 saturated carbocycles. The lowest BCUT2D eigenvalue weighted by atomic mass is 10.2. The van der Waals surface area contributed by atoms with E-state index < -0.39 is 4.92 Å². The molecule has 0 aromatic heterocycles. The van der Waals surface area contributed by atoms with Gasteiger partial charge in [0.25, 0.3) is 5.69 Å². The highest BCUT2D eigenvalue weighted by Crippen LogP contribution is 2.12. The Morgan fingerprint density at radius 2 is 2.00 bits per heavy atom. The van der Waals surface area contributed by atoms with Crippen LogP contribution in [0.3, 0.4) is 0 Å². The molecule has 0 unspecified atom stereocenters. The smallest absolute Gasteiger partial charge is 0.306 e. The number of carbonyl (C=O) groups is 1. The number of benzene rings is 1. The Hall–Kier alpha value is -1.43. The normalized spacial score (nSPS) is 9.81. The molecule has 0 saturated heterocycles. The van der Waals surface area contributed by atoms with Crippen molar-refractivity contribution in [1.29, 1.82) is 0 Å². The SMILES string of the molecule is O=C(CCBr)OCc1ccc([N+](=O)[O-])cc1. The number of halogens is 1. The minimum Gasteiger partial charge on any atom is -0.461 e. The molecule has 0 aliphatic carbocycles. The van der Waals surface area contributed by atoms with E-state index >= 15 is 0 Å². The topological polar surface area (TPSA) is 69.4 Å². The van der Waals surface area contributed by atoms with Gasteiger partial charge in [0, 0.05) is 17.5 Å². The maximum Gasteiger partial charge on any atom is 0.306 e. The number of esters is 1. The van der Waals surface area contributed by atoms with E-state index in [1.165, 1.54) is 12.1 Å². The van der Waals surface area contributed by atoms with E-state index in [2.05, 4.69) is 15.9 Å². The maximum atomic E-state index is 11.0. The van der Waals surface area contributed by atoms with Crippen LogP contribution in [0.1, 0.15) is 12.0 Å². The number of carbonyl (C=O) groups excluding carboxylic acids is 1. The summed E-state index contributed by atoms with van der Waals surface area (Å²) in [6.07, 6.45) is 0.312. The standard InChI is InChI=1S/C10H10BrNO4/c11-6-5-10(13)16-7-8-1-3-9(4-2-8)12(14)15/h1-4H,5-7H2. The highest BCUT2D eigenvalue weighted by atomic mass is 79.9. The zero-order valence-electron chi connectivity index (χ0n) is 8.39. The summed E-state index contributed by atoms with van der Waals surface area (Å²) in [5, 5.41) is 10.9. The van der Waals surface area contributed by atoms with Gasteiger partial charge in [0.15, 0.2) is 0 Å². The monoisotopic (exact) mass is 287 g/mol. The molecule has 0 radical (unpaired) electrons. The Morgan fingerprint density at radius 1 is 1.38 bits per heavy atom. The summed E-state index contributed by atoms with van der Waals surface area (Å²) in [5.74, 6) is -0.296. The van der Waals surface area contributed by atoms with Gasteiger partial charge in [0.2, 0.25) is 0 Å². The number of alkyl halides is 1. The molecule has 0 amide bonds. The third-order valence-electron chi connectivity index (χ3n) is 1.85. The van der Waals surface area contributed by atoms with E-state index in [0.29, 0.717) is 11.8 Å². The molecule has 0 aliphatic rings. The first kappa shape index (κ1) is 12.6. The van der Waals surface area contributed by atoms with Crippen molar-refractivity contribution in [2.45, 2.75) is 13.0 Å². The summed E-state index contributed by atoms with van der Waals surface area (Å²) in [6.45, 7) is 0.143. The summed E-state index contributed by atoms with van der Waals surface area (Å²) < 4.78 is 4.93. The van der Waals surface area contributed by atoms with Gasteiger partial charge in [-0.15, -0.1) is 0 Å². The molecule has 1 aromatic rings. The summed E-state index contributed by atoms with van der Waals surface area (Å²) in [4.78, 5) is 20.9. The molecule has 16 heavy (non-hydrogen) atoms. The van der Waals surface area contributed by atoms with E-state index in [-0.39, 0.29) is 18.3 Å². The molecule has 0 bridgehead atoms. The second-order valence-corrected chi connectivity index (χ2v) is 3.82. The lowest BCUT2D eigenvalue weighted by Gasteiger charge is -2.03. The predicted molar refractivity (Wildman–Crippen MR) is 61.3 cm³/mol. The second-order valence-electron chi connectivity index (χ2n) is 3.02. The lowest BCUT2D eigenvalue weighted by molar-refractivity contribution is -0.384. The highest BCUT2D eigenvalue weighted by Gasteiger charge is 2.05.